The van der Waals surface area contributed by atoms with E-state index in [4.69, 9.17) is 4.74 Å². The number of ether oxygens (including phenoxy) is 1. The average molecular weight is 386 g/mol. The van der Waals surface area contributed by atoms with Crippen LogP contribution in [0.2, 0.25) is 0 Å². The lowest BCUT2D eigenvalue weighted by atomic mass is 9.89. The lowest BCUT2D eigenvalue weighted by Crippen LogP contribution is -2.41. The SMILES string of the molecule is COc1ccc([C@H]2[C@@H]3CN(CC4CCCCC4)C[C@@H]3CN2C(=O)N(C)C)cc1. The Kier molecular flexibility index (Phi) is 5.81. The quantitative estimate of drug-likeness (QED) is 0.790. The van der Waals surface area contributed by atoms with Gasteiger partial charge in [-0.05, 0) is 42.4 Å². The van der Waals surface area contributed by atoms with Crippen LogP contribution in [0.25, 0.3) is 0 Å². The normalized spacial score (nSPS) is 28.4. The van der Waals surface area contributed by atoms with Gasteiger partial charge in [-0.1, -0.05) is 31.4 Å². The number of fused-ring (bicyclic) bond motifs is 1. The van der Waals surface area contributed by atoms with Crippen molar-refractivity contribution >= 4 is 6.03 Å². The van der Waals surface area contributed by atoms with E-state index in [9.17, 15) is 4.79 Å². The van der Waals surface area contributed by atoms with Gasteiger partial charge in [0.15, 0.2) is 0 Å². The number of methoxy groups -OCH3 is 1. The zero-order valence-corrected chi connectivity index (χ0v) is 17.6. The highest BCUT2D eigenvalue weighted by atomic mass is 16.5. The van der Waals surface area contributed by atoms with E-state index < -0.39 is 0 Å². The Hall–Kier alpha value is -1.75. The molecular weight excluding hydrogens is 350 g/mol. The Morgan fingerprint density at radius 3 is 2.43 bits per heavy atom. The number of likely N-dealkylation sites (tertiary alicyclic amines) is 2. The topological polar surface area (TPSA) is 36.0 Å². The Morgan fingerprint density at radius 2 is 1.79 bits per heavy atom. The maximum absolute atomic E-state index is 12.9. The molecule has 1 aliphatic carbocycles. The fourth-order valence-electron chi connectivity index (χ4n) is 5.70. The summed E-state index contributed by atoms with van der Waals surface area (Å²) in [4.78, 5) is 19.4. The van der Waals surface area contributed by atoms with Crippen LogP contribution in [-0.4, -0.2) is 68.1 Å². The summed E-state index contributed by atoms with van der Waals surface area (Å²) in [5.74, 6) is 2.86. The van der Waals surface area contributed by atoms with Crippen molar-refractivity contribution in [2.45, 2.75) is 38.1 Å². The number of hydrogen-bond donors (Lipinski definition) is 0. The van der Waals surface area contributed by atoms with E-state index >= 15 is 0 Å². The number of hydrogen-bond acceptors (Lipinski definition) is 3. The molecule has 1 saturated carbocycles. The summed E-state index contributed by atoms with van der Waals surface area (Å²) >= 11 is 0. The summed E-state index contributed by atoms with van der Waals surface area (Å²) in [7, 11) is 5.41. The minimum absolute atomic E-state index is 0.133. The van der Waals surface area contributed by atoms with Crippen LogP contribution in [0.5, 0.6) is 5.75 Å². The van der Waals surface area contributed by atoms with Crippen molar-refractivity contribution in [3.05, 3.63) is 29.8 Å². The molecule has 0 bridgehead atoms. The second-order valence-corrected chi connectivity index (χ2v) is 9.19. The minimum Gasteiger partial charge on any atom is -0.497 e. The van der Waals surface area contributed by atoms with Crippen LogP contribution in [0.3, 0.4) is 0 Å². The first-order valence-corrected chi connectivity index (χ1v) is 10.9. The standard InChI is InChI=1S/C23H35N3O2/c1-24(2)23(27)26-15-19-14-25(13-17-7-5-4-6-8-17)16-21(19)22(26)18-9-11-20(28-3)12-10-18/h9-12,17,19,21-22H,4-8,13-16H2,1-3H3/t19-,21-,22+/m1/s1. The zero-order valence-electron chi connectivity index (χ0n) is 17.6. The van der Waals surface area contributed by atoms with E-state index in [0.717, 1.165) is 31.3 Å². The molecule has 1 aromatic carbocycles. The maximum atomic E-state index is 12.9. The highest BCUT2D eigenvalue weighted by Gasteiger charge is 2.49. The highest BCUT2D eigenvalue weighted by molar-refractivity contribution is 5.75. The van der Waals surface area contributed by atoms with Gasteiger partial charge in [-0.15, -0.1) is 0 Å². The summed E-state index contributed by atoms with van der Waals surface area (Å²) in [5, 5.41) is 0. The lowest BCUT2D eigenvalue weighted by Gasteiger charge is -2.33. The van der Waals surface area contributed by atoms with Gasteiger partial charge in [0.2, 0.25) is 0 Å². The van der Waals surface area contributed by atoms with Gasteiger partial charge < -0.3 is 19.4 Å². The van der Waals surface area contributed by atoms with E-state index in [-0.39, 0.29) is 12.1 Å². The van der Waals surface area contributed by atoms with Gasteiger partial charge in [-0.25, -0.2) is 4.79 Å². The minimum atomic E-state index is 0.133. The third kappa shape index (κ3) is 3.86. The number of benzene rings is 1. The average Bonchev–Trinajstić information content (AvgIpc) is 3.25. The first-order valence-electron chi connectivity index (χ1n) is 10.9. The van der Waals surface area contributed by atoms with Crippen LogP contribution in [-0.2, 0) is 0 Å². The van der Waals surface area contributed by atoms with Crippen LogP contribution in [0.4, 0.5) is 4.79 Å². The van der Waals surface area contributed by atoms with Crippen molar-refractivity contribution in [2.24, 2.45) is 17.8 Å². The van der Waals surface area contributed by atoms with Gasteiger partial charge in [-0.3, -0.25) is 0 Å². The third-order valence-corrected chi connectivity index (χ3v) is 7.07. The van der Waals surface area contributed by atoms with Crippen LogP contribution in [0, 0.1) is 17.8 Å². The molecule has 2 saturated heterocycles. The van der Waals surface area contributed by atoms with Crippen LogP contribution in [0.15, 0.2) is 24.3 Å². The van der Waals surface area contributed by atoms with Gasteiger partial charge >= 0.3 is 6.03 Å². The van der Waals surface area contributed by atoms with Crippen LogP contribution >= 0.6 is 0 Å². The first-order chi connectivity index (χ1) is 13.6. The molecule has 5 heteroatoms. The van der Waals surface area contributed by atoms with Crippen LogP contribution in [0.1, 0.15) is 43.7 Å². The Labute approximate surface area is 169 Å². The van der Waals surface area contributed by atoms with Crippen molar-refractivity contribution < 1.29 is 9.53 Å². The maximum Gasteiger partial charge on any atom is 0.320 e. The van der Waals surface area contributed by atoms with Gasteiger partial charge in [0.05, 0.1) is 13.2 Å². The van der Waals surface area contributed by atoms with E-state index in [1.54, 1.807) is 12.0 Å². The summed E-state index contributed by atoms with van der Waals surface area (Å²) in [5.41, 5.74) is 1.24. The number of carbonyl (C=O) groups excluding carboxylic acids is 1. The van der Waals surface area contributed by atoms with E-state index in [2.05, 4.69) is 21.9 Å². The predicted octanol–water partition coefficient (Wildman–Crippen LogP) is 3.86. The van der Waals surface area contributed by atoms with Gasteiger partial charge in [0.25, 0.3) is 0 Å². The zero-order chi connectivity index (χ0) is 19.7. The van der Waals surface area contributed by atoms with Crippen LogP contribution < -0.4 is 4.74 Å². The fraction of sp³-hybridized carbons (Fsp3) is 0.696. The molecule has 3 atom stereocenters. The molecule has 3 fully saturated rings. The molecule has 154 valence electrons. The smallest absolute Gasteiger partial charge is 0.320 e. The predicted molar refractivity (Wildman–Crippen MR) is 112 cm³/mol. The largest absolute Gasteiger partial charge is 0.497 e. The number of urea groups is 1. The molecule has 0 aromatic heterocycles. The molecule has 4 rings (SSSR count). The molecule has 0 radical (unpaired) electrons. The van der Waals surface area contributed by atoms with Crippen molar-refractivity contribution in [1.82, 2.24) is 14.7 Å². The molecular formula is C23H35N3O2. The molecule has 0 N–H and O–H groups in total. The molecule has 28 heavy (non-hydrogen) atoms. The Balaban J connectivity index is 1.51. The van der Waals surface area contributed by atoms with Gasteiger partial charge in [0, 0.05) is 46.2 Å². The number of amides is 2. The second kappa shape index (κ2) is 8.32. The van der Waals surface area contributed by atoms with Gasteiger partial charge in [-0.2, -0.15) is 0 Å². The van der Waals surface area contributed by atoms with E-state index in [0.29, 0.717) is 11.8 Å². The number of carbonyl (C=O) groups is 1. The van der Waals surface area contributed by atoms with Crippen molar-refractivity contribution in [2.75, 3.05) is 47.4 Å². The molecule has 2 heterocycles. The summed E-state index contributed by atoms with van der Waals surface area (Å²) < 4.78 is 5.34. The third-order valence-electron chi connectivity index (χ3n) is 7.07. The molecule has 1 aromatic rings. The summed E-state index contributed by atoms with van der Waals surface area (Å²) in [6, 6.07) is 8.64. The summed E-state index contributed by atoms with van der Waals surface area (Å²) in [6.07, 6.45) is 7.04. The van der Waals surface area contributed by atoms with Crippen molar-refractivity contribution in [3.8, 4) is 5.75 Å². The molecule has 2 amide bonds. The Morgan fingerprint density at radius 1 is 1.07 bits per heavy atom. The monoisotopic (exact) mass is 385 g/mol. The molecule has 3 aliphatic rings. The Bertz CT molecular complexity index is 669. The molecule has 5 nitrogen and oxygen atoms in total. The molecule has 0 spiro atoms. The second-order valence-electron chi connectivity index (χ2n) is 9.19. The number of nitrogens with zero attached hydrogens (tertiary/aromatic N) is 3. The van der Waals surface area contributed by atoms with Gasteiger partial charge in [0.1, 0.15) is 5.75 Å². The van der Waals surface area contributed by atoms with Crippen molar-refractivity contribution in [3.63, 3.8) is 0 Å². The number of rotatable bonds is 4. The molecule has 2 aliphatic heterocycles. The fourth-order valence-corrected chi connectivity index (χ4v) is 5.70. The lowest BCUT2D eigenvalue weighted by molar-refractivity contribution is 0.148. The molecule has 0 unspecified atom stereocenters. The van der Waals surface area contributed by atoms with E-state index in [1.165, 1.54) is 44.2 Å². The summed E-state index contributed by atoms with van der Waals surface area (Å²) in [6.45, 7) is 4.39. The van der Waals surface area contributed by atoms with Crippen molar-refractivity contribution in [1.29, 1.82) is 0 Å². The highest BCUT2D eigenvalue weighted by Crippen LogP contribution is 2.46. The first kappa shape index (κ1) is 19.6. The van der Waals surface area contributed by atoms with E-state index in [1.807, 2.05) is 26.2 Å².